The molecular formula is Cl2O8Ru. The van der Waals surface area contributed by atoms with Crippen molar-refractivity contribution in [2.75, 3.05) is 0 Å². The molecule has 0 radical (unpaired) electrons. The van der Waals surface area contributed by atoms with Gasteiger partial charge in [-0.05, 0) is 0 Å². The fraction of sp³-hybridized carbons (Fsp3) is 0. The van der Waals surface area contributed by atoms with E-state index in [4.69, 9.17) is 37.3 Å². The zero-order chi connectivity index (χ0) is 9.00. The van der Waals surface area contributed by atoms with E-state index < -0.39 is 20.5 Å². The van der Waals surface area contributed by atoms with Gasteiger partial charge in [0.05, 0.1) is 0 Å². The number of rotatable bonds is 0. The van der Waals surface area contributed by atoms with E-state index in [0.29, 0.717) is 0 Å². The third-order valence-electron chi connectivity index (χ3n) is 0. The van der Waals surface area contributed by atoms with Crippen molar-refractivity contribution in [1.29, 1.82) is 0 Å². The van der Waals surface area contributed by atoms with E-state index in [-0.39, 0.29) is 19.5 Å². The molecular weight excluding hydrogens is 300 g/mol. The molecule has 0 aliphatic heterocycles. The van der Waals surface area contributed by atoms with Gasteiger partial charge in [-0.1, -0.05) is 0 Å². The molecule has 0 bridgehead atoms. The van der Waals surface area contributed by atoms with Crippen molar-refractivity contribution in [2.24, 2.45) is 0 Å². The molecule has 0 aliphatic carbocycles. The smallest absolute Gasteiger partial charge is 0.222 e. The standard InChI is InChI=1S/2ClHO4.Ru/c2*2-1(3,4)5;/h2*(H,2,3,4,5);/q;;+2/p-2. The number of hydrogen-bond donors (Lipinski definition) is 0. The zero-order valence-corrected chi connectivity index (χ0v) is 7.63. The molecule has 0 aliphatic rings. The largest absolute Gasteiger partial charge is 2.00 e. The van der Waals surface area contributed by atoms with Gasteiger partial charge in [0.15, 0.2) is 0 Å². The van der Waals surface area contributed by atoms with Crippen LogP contribution in [0.25, 0.3) is 0 Å². The Balaban J connectivity index is -0.000000107. The Morgan fingerprint density at radius 2 is 0.455 bits per heavy atom. The molecule has 0 atom stereocenters. The summed E-state index contributed by atoms with van der Waals surface area (Å²) in [7, 11) is -9.89. The van der Waals surface area contributed by atoms with E-state index in [1.54, 1.807) is 0 Å². The summed E-state index contributed by atoms with van der Waals surface area (Å²) in [6.45, 7) is 0. The van der Waals surface area contributed by atoms with Crippen LogP contribution in [-0.4, -0.2) is 0 Å². The van der Waals surface area contributed by atoms with E-state index in [0.717, 1.165) is 0 Å². The van der Waals surface area contributed by atoms with Crippen molar-refractivity contribution in [3.8, 4) is 0 Å². The van der Waals surface area contributed by atoms with Gasteiger partial charge in [-0.3, -0.25) is 0 Å². The van der Waals surface area contributed by atoms with Crippen molar-refractivity contribution in [1.82, 2.24) is 0 Å². The van der Waals surface area contributed by atoms with E-state index in [9.17, 15) is 0 Å². The summed E-state index contributed by atoms with van der Waals surface area (Å²) in [6, 6.07) is 0. The van der Waals surface area contributed by atoms with Crippen LogP contribution in [0.1, 0.15) is 0 Å². The van der Waals surface area contributed by atoms with Gasteiger partial charge >= 0.3 is 19.5 Å². The third kappa shape index (κ3) is 1100. The first kappa shape index (κ1) is 17.8. The van der Waals surface area contributed by atoms with E-state index in [1.165, 1.54) is 0 Å². The Bertz CT molecular complexity index is 55.1. The molecule has 0 saturated carbocycles. The average molecular weight is 300 g/mol. The van der Waals surface area contributed by atoms with Crippen molar-refractivity contribution >= 4 is 0 Å². The summed E-state index contributed by atoms with van der Waals surface area (Å²) < 4.78 is 67.9. The van der Waals surface area contributed by atoms with Crippen molar-refractivity contribution < 1.29 is 77.2 Å². The fourth-order valence-corrected chi connectivity index (χ4v) is 0. The van der Waals surface area contributed by atoms with Crippen LogP contribution in [0.15, 0.2) is 0 Å². The summed E-state index contributed by atoms with van der Waals surface area (Å²) in [4.78, 5) is 0. The topological polar surface area (TPSA) is 184 Å². The predicted molar refractivity (Wildman–Crippen MR) is 0 cm³/mol. The first-order valence-electron chi connectivity index (χ1n) is 1.23. The number of halogens is 2. The number of hydrogen-bond acceptors (Lipinski definition) is 8. The normalized spacial score (nSPS) is 10.9. The molecule has 8 nitrogen and oxygen atoms in total. The molecule has 0 aromatic heterocycles. The van der Waals surface area contributed by atoms with Crippen LogP contribution in [0.2, 0.25) is 0 Å². The van der Waals surface area contributed by atoms with Gasteiger partial charge < -0.3 is 0 Å². The van der Waals surface area contributed by atoms with Gasteiger partial charge in [0, 0.05) is 0 Å². The summed E-state index contributed by atoms with van der Waals surface area (Å²) in [5.41, 5.74) is 0. The predicted octanol–water partition coefficient (Wildman–Crippen LogP) is -9.51. The van der Waals surface area contributed by atoms with Crippen LogP contribution < -0.4 is 37.3 Å². The Labute approximate surface area is 77.5 Å². The summed E-state index contributed by atoms with van der Waals surface area (Å²) in [5.74, 6) is 0. The molecule has 11 heavy (non-hydrogen) atoms. The minimum absolute atomic E-state index is 0. The molecule has 0 aromatic carbocycles. The molecule has 0 aromatic rings. The van der Waals surface area contributed by atoms with Crippen LogP contribution in [0.5, 0.6) is 0 Å². The maximum Gasteiger partial charge on any atom is 2.00 e. The Morgan fingerprint density at radius 1 is 0.455 bits per heavy atom. The summed E-state index contributed by atoms with van der Waals surface area (Å²) >= 11 is 0. The van der Waals surface area contributed by atoms with Crippen LogP contribution in [0.3, 0.4) is 0 Å². The zero-order valence-electron chi connectivity index (χ0n) is 4.38. The second kappa shape index (κ2) is 6.40. The molecule has 0 rings (SSSR count). The molecule has 0 spiro atoms. The fourth-order valence-electron chi connectivity index (χ4n) is 0. The molecule has 0 fully saturated rings. The molecule has 11 heteroatoms. The minimum atomic E-state index is -4.94. The first-order chi connectivity index (χ1) is 4.00. The quantitative estimate of drug-likeness (QED) is 0.394. The Hall–Kier alpha value is 0.883. The summed E-state index contributed by atoms with van der Waals surface area (Å²) in [5, 5.41) is 0. The van der Waals surface area contributed by atoms with E-state index in [2.05, 4.69) is 0 Å². The molecule has 0 heterocycles. The summed E-state index contributed by atoms with van der Waals surface area (Å²) in [6.07, 6.45) is 0. The monoisotopic (exact) mass is 300 g/mol. The first-order valence-corrected chi connectivity index (χ1v) is 3.70. The SMILES string of the molecule is [O-][Cl+3]([O-])([O-])[O-].[O-][Cl+3]([O-])([O-])[O-].[Ru+2]. The van der Waals surface area contributed by atoms with Crippen LogP contribution in [-0.2, 0) is 19.5 Å². The molecule has 0 saturated heterocycles. The van der Waals surface area contributed by atoms with Gasteiger partial charge in [-0.25, -0.2) is 37.3 Å². The van der Waals surface area contributed by atoms with E-state index >= 15 is 0 Å². The second-order valence-corrected chi connectivity index (χ2v) is 2.27. The Kier molecular flexibility index (Phi) is 10.4. The van der Waals surface area contributed by atoms with Crippen LogP contribution in [0.4, 0.5) is 0 Å². The third-order valence-corrected chi connectivity index (χ3v) is 0. The van der Waals surface area contributed by atoms with Gasteiger partial charge in [-0.15, -0.1) is 20.5 Å². The molecule has 70 valence electrons. The van der Waals surface area contributed by atoms with Crippen molar-refractivity contribution in [3.63, 3.8) is 0 Å². The van der Waals surface area contributed by atoms with Gasteiger partial charge in [0.25, 0.3) is 0 Å². The van der Waals surface area contributed by atoms with Crippen LogP contribution in [0, 0.1) is 20.5 Å². The molecule has 0 amide bonds. The van der Waals surface area contributed by atoms with Crippen molar-refractivity contribution in [2.45, 2.75) is 0 Å². The van der Waals surface area contributed by atoms with Gasteiger partial charge in [-0.2, -0.15) is 0 Å². The van der Waals surface area contributed by atoms with Gasteiger partial charge in [0.2, 0.25) is 0 Å². The second-order valence-electron chi connectivity index (χ2n) is 0.756. The van der Waals surface area contributed by atoms with E-state index in [1.807, 2.05) is 0 Å². The minimum Gasteiger partial charge on any atom is -0.222 e. The van der Waals surface area contributed by atoms with Gasteiger partial charge in [0.1, 0.15) is 0 Å². The average Bonchev–Trinajstić information content (AvgIpc) is 1.12. The maximum absolute atomic E-state index is 8.49. The molecule has 0 unspecified atom stereocenters. The molecule has 0 N–H and O–H groups in total. The maximum atomic E-state index is 8.49. The van der Waals surface area contributed by atoms with Crippen molar-refractivity contribution in [3.05, 3.63) is 0 Å². The van der Waals surface area contributed by atoms with Crippen LogP contribution >= 0.6 is 0 Å². The Morgan fingerprint density at radius 3 is 0.455 bits per heavy atom.